The number of hydrogen-bond acceptors (Lipinski definition) is 7. The van der Waals surface area contributed by atoms with Crippen molar-refractivity contribution in [3.63, 3.8) is 0 Å². The molecule has 5 rings (SSSR count). The highest BCUT2D eigenvalue weighted by atomic mass is 35.5. The summed E-state index contributed by atoms with van der Waals surface area (Å²) < 4.78 is 17.9. The van der Waals surface area contributed by atoms with Crippen LogP contribution in [0.25, 0.3) is 10.1 Å². The first-order valence-electron chi connectivity index (χ1n) is 8.39. The van der Waals surface area contributed by atoms with Gasteiger partial charge in [0.1, 0.15) is 11.5 Å². The average Bonchev–Trinajstić information content (AvgIpc) is 3.32. The van der Waals surface area contributed by atoms with Crippen LogP contribution in [0.2, 0.25) is 5.02 Å². The molecule has 0 saturated heterocycles. The maximum absolute atomic E-state index is 12.6. The summed E-state index contributed by atoms with van der Waals surface area (Å²) in [6, 6.07) is 14.8. The molecule has 140 valence electrons. The lowest BCUT2D eigenvalue weighted by atomic mass is 10.2. The third kappa shape index (κ3) is 2.96. The molecular weight excluding hydrogens is 402 g/mol. The lowest BCUT2D eigenvalue weighted by Gasteiger charge is -2.23. The van der Waals surface area contributed by atoms with Gasteiger partial charge in [-0.05, 0) is 18.2 Å². The van der Waals surface area contributed by atoms with Crippen LogP contribution >= 0.6 is 22.9 Å². The number of fused-ring (bicyclic) bond motifs is 2. The van der Waals surface area contributed by atoms with Crippen LogP contribution in [0.15, 0.2) is 52.9 Å². The maximum atomic E-state index is 12.6. The maximum Gasteiger partial charge on any atom is 0.322 e. The van der Waals surface area contributed by atoms with Crippen LogP contribution in [-0.2, 0) is 0 Å². The quantitative estimate of drug-likeness (QED) is 0.523. The van der Waals surface area contributed by atoms with E-state index in [1.165, 1.54) is 11.3 Å². The Hall–Kier alpha value is -3.10. The van der Waals surface area contributed by atoms with Crippen molar-refractivity contribution in [1.82, 2.24) is 10.2 Å². The molecule has 0 saturated carbocycles. The number of aromatic nitrogens is 2. The van der Waals surface area contributed by atoms with Crippen molar-refractivity contribution in [3.8, 4) is 11.5 Å². The standard InChI is InChI=1S/C19H12ClN3O4S/c20-15-10-5-1-4-8-14(10)28-16(15)17(24)21-19-23-22-18(27-19)13-9-25-11-6-2-3-7-12(11)26-13/h1-8,13H,9H2,(H,21,23,24). The van der Waals surface area contributed by atoms with Crippen LogP contribution in [0, 0.1) is 0 Å². The van der Waals surface area contributed by atoms with E-state index in [-0.39, 0.29) is 18.5 Å². The van der Waals surface area contributed by atoms with Gasteiger partial charge in [-0.15, -0.1) is 16.4 Å². The Morgan fingerprint density at radius 1 is 1.11 bits per heavy atom. The first kappa shape index (κ1) is 17.0. The molecule has 1 aliphatic rings. The summed E-state index contributed by atoms with van der Waals surface area (Å²) in [6.07, 6.45) is -0.555. The van der Waals surface area contributed by atoms with Crippen molar-refractivity contribution in [2.45, 2.75) is 6.10 Å². The van der Waals surface area contributed by atoms with E-state index in [4.69, 9.17) is 25.5 Å². The Labute approximate surface area is 167 Å². The van der Waals surface area contributed by atoms with Crippen LogP contribution in [0.4, 0.5) is 6.01 Å². The van der Waals surface area contributed by atoms with E-state index < -0.39 is 12.0 Å². The van der Waals surface area contributed by atoms with Crippen molar-refractivity contribution < 1.29 is 18.7 Å². The molecule has 0 aliphatic carbocycles. The number of anilines is 1. The minimum absolute atomic E-state index is 0.0315. The van der Waals surface area contributed by atoms with E-state index in [1.54, 1.807) is 6.07 Å². The van der Waals surface area contributed by atoms with Crippen LogP contribution in [0.3, 0.4) is 0 Å². The smallest absolute Gasteiger partial charge is 0.322 e. The van der Waals surface area contributed by atoms with Gasteiger partial charge in [-0.25, -0.2) is 0 Å². The molecule has 7 nitrogen and oxygen atoms in total. The Balaban J connectivity index is 1.34. The molecule has 28 heavy (non-hydrogen) atoms. The van der Waals surface area contributed by atoms with E-state index in [0.717, 1.165) is 10.1 Å². The minimum atomic E-state index is -0.555. The normalized spacial score (nSPS) is 15.5. The first-order chi connectivity index (χ1) is 13.7. The van der Waals surface area contributed by atoms with E-state index in [1.807, 2.05) is 42.5 Å². The average molecular weight is 414 g/mol. The van der Waals surface area contributed by atoms with Gasteiger partial charge in [0.15, 0.2) is 11.5 Å². The first-order valence-corrected chi connectivity index (χ1v) is 9.59. The number of halogens is 1. The van der Waals surface area contributed by atoms with Gasteiger partial charge in [-0.3, -0.25) is 10.1 Å². The molecule has 9 heteroatoms. The molecule has 3 heterocycles. The number of carbonyl (C=O) groups is 1. The Kier molecular flexibility index (Phi) is 4.14. The topological polar surface area (TPSA) is 86.5 Å². The molecule has 0 fully saturated rings. The summed E-state index contributed by atoms with van der Waals surface area (Å²) >= 11 is 7.64. The summed E-state index contributed by atoms with van der Waals surface area (Å²) in [4.78, 5) is 13.0. The van der Waals surface area contributed by atoms with Gasteiger partial charge >= 0.3 is 6.01 Å². The van der Waals surface area contributed by atoms with Crippen LogP contribution in [0.5, 0.6) is 11.5 Å². The van der Waals surface area contributed by atoms with Gasteiger partial charge in [0, 0.05) is 10.1 Å². The van der Waals surface area contributed by atoms with Gasteiger partial charge in [-0.2, -0.15) is 0 Å². The summed E-state index contributed by atoms with van der Waals surface area (Å²) in [5, 5.41) is 11.7. The van der Waals surface area contributed by atoms with Gasteiger partial charge in [0.05, 0.1) is 5.02 Å². The van der Waals surface area contributed by atoms with E-state index in [0.29, 0.717) is 21.4 Å². The predicted molar refractivity (Wildman–Crippen MR) is 104 cm³/mol. The molecule has 0 spiro atoms. The molecular formula is C19H12ClN3O4S. The van der Waals surface area contributed by atoms with E-state index in [9.17, 15) is 4.79 Å². The largest absolute Gasteiger partial charge is 0.485 e. The van der Waals surface area contributed by atoms with Crippen LogP contribution in [-0.4, -0.2) is 22.7 Å². The van der Waals surface area contributed by atoms with Crippen molar-refractivity contribution in [3.05, 3.63) is 64.3 Å². The molecule has 1 aliphatic heterocycles. The molecule has 1 atom stereocenters. The number of rotatable bonds is 3. The zero-order valence-electron chi connectivity index (χ0n) is 14.2. The summed E-state index contributed by atoms with van der Waals surface area (Å²) in [6.45, 7) is 0.231. The molecule has 0 bridgehead atoms. The summed E-state index contributed by atoms with van der Waals surface area (Å²) in [5.74, 6) is 1.06. The number of ether oxygens (including phenoxy) is 2. The van der Waals surface area contributed by atoms with Gasteiger partial charge < -0.3 is 13.9 Å². The number of thiophene rings is 1. The van der Waals surface area contributed by atoms with Gasteiger partial charge in [-0.1, -0.05) is 47.0 Å². The second-order valence-corrected chi connectivity index (χ2v) is 7.44. The summed E-state index contributed by atoms with van der Waals surface area (Å²) in [7, 11) is 0. The second-order valence-electron chi connectivity index (χ2n) is 6.01. The van der Waals surface area contributed by atoms with Crippen molar-refractivity contribution in [2.75, 3.05) is 11.9 Å². The second kappa shape index (κ2) is 6.81. The monoisotopic (exact) mass is 413 g/mol. The molecule has 1 amide bonds. The Morgan fingerprint density at radius 3 is 2.75 bits per heavy atom. The zero-order chi connectivity index (χ0) is 19.1. The third-order valence-electron chi connectivity index (χ3n) is 4.19. The highest BCUT2D eigenvalue weighted by Gasteiger charge is 2.28. The predicted octanol–water partition coefficient (Wildman–Crippen LogP) is 4.70. The molecule has 1 N–H and O–H groups in total. The molecule has 1 unspecified atom stereocenters. The number of nitrogens with zero attached hydrogens (tertiary/aromatic N) is 2. The Morgan fingerprint density at radius 2 is 1.89 bits per heavy atom. The fraction of sp³-hybridized carbons (Fsp3) is 0.105. The number of hydrogen-bond donors (Lipinski definition) is 1. The van der Waals surface area contributed by atoms with E-state index in [2.05, 4.69) is 15.5 Å². The Bertz CT molecular complexity index is 1190. The number of nitrogens with one attached hydrogen (secondary N) is 1. The van der Waals surface area contributed by atoms with Gasteiger partial charge in [0.25, 0.3) is 11.8 Å². The molecule has 2 aromatic heterocycles. The van der Waals surface area contributed by atoms with E-state index >= 15 is 0 Å². The van der Waals surface area contributed by atoms with Crippen molar-refractivity contribution in [2.24, 2.45) is 0 Å². The van der Waals surface area contributed by atoms with Crippen molar-refractivity contribution in [1.29, 1.82) is 0 Å². The van der Waals surface area contributed by atoms with Crippen molar-refractivity contribution >= 4 is 44.9 Å². The summed E-state index contributed by atoms with van der Waals surface area (Å²) in [5.41, 5.74) is 0. The molecule has 2 aromatic carbocycles. The molecule has 4 aromatic rings. The number of amides is 1. The van der Waals surface area contributed by atoms with Gasteiger partial charge in [0.2, 0.25) is 6.10 Å². The number of benzene rings is 2. The minimum Gasteiger partial charge on any atom is -0.485 e. The fourth-order valence-electron chi connectivity index (χ4n) is 2.87. The SMILES string of the molecule is O=C(Nc1nnc(C2COc3ccccc3O2)o1)c1sc2ccccc2c1Cl. The fourth-order valence-corrected chi connectivity index (χ4v) is 4.28. The molecule has 0 radical (unpaired) electrons. The zero-order valence-corrected chi connectivity index (χ0v) is 15.8. The van der Waals surface area contributed by atoms with Crippen LogP contribution in [0.1, 0.15) is 21.7 Å². The number of carbonyl (C=O) groups excluding carboxylic acids is 1. The number of para-hydroxylation sites is 2. The third-order valence-corrected chi connectivity index (χ3v) is 5.86. The lowest BCUT2D eigenvalue weighted by molar-refractivity contribution is 0.0716. The highest BCUT2D eigenvalue weighted by molar-refractivity contribution is 7.21. The highest BCUT2D eigenvalue weighted by Crippen LogP contribution is 2.37. The van der Waals surface area contributed by atoms with Crippen LogP contribution < -0.4 is 14.8 Å². The lowest BCUT2D eigenvalue weighted by Crippen LogP contribution is -2.21.